The van der Waals surface area contributed by atoms with Crippen LogP contribution in [0.5, 0.6) is 11.5 Å². The molecular formula is C14H11F4NO. The van der Waals surface area contributed by atoms with Gasteiger partial charge in [-0.25, -0.2) is 4.39 Å². The monoisotopic (exact) mass is 285 g/mol. The molecule has 2 aromatic carbocycles. The van der Waals surface area contributed by atoms with Crippen molar-refractivity contribution in [3.05, 3.63) is 53.3 Å². The third-order valence-electron chi connectivity index (χ3n) is 2.70. The Morgan fingerprint density at radius 3 is 2.30 bits per heavy atom. The van der Waals surface area contributed by atoms with Gasteiger partial charge in [-0.15, -0.1) is 0 Å². The quantitative estimate of drug-likeness (QED) is 0.650. The van der Waals surface area contributed by atoms with Gasteiger partial charge in [0.2, 0.25) is 0 Å². The number of nitrogen functional groups attached to an aromatic ring is 1. The molecule has 0 heterocycles. The first kappa shape index (κ1) is 14.2. The van der Waals surface area contributed by atoms with Gasteiger partial charge in [0.15, 0.2) is 5.75 Å². The minimum Gasteiger partial charge on any atom is -0.455 e. The van der Waals surface area contributed by atoms with E-state index in [0.29, 0.717) is 5.56 Å². The van der Waals surface area contributed by atoms with Crippen molar-refractivity contribution in [1.29, 1.82) is 0 Å². The number of benzene rings is 2. The van der Waals surface area contributed by atoms with Crippen molar-refractivity contribution in [3.8, 4) is 11.5 Å². The molecule has 0 fully saturated rings. The van der Waals surface area contributed by atoms with Gasteiger partial charge in [-0.05, 0) is 48.9 Å². The lowest BCUT2D eigenvalue weighted by Gasteiger charge is -2.13. The van der Waals surface area contributed by atoms with E-state index < -0.39 is 17.6 Å². The van der Waals surface area contributed by atoms with Crippen LogP contribution in [0.25, 0.3) is 0 Å². The third-order valence-corrected chi connectivity index (χ3v) is 2.70. The number of halogens is 4. The summed E-state index contributed by atoms with van der Waals surface area (Å²) in [5.74, 6) is -0.321. The van der Waals surface area contributed by atoms with Gasteiger partial charge >= 0.3 is 6.18 Å². The average molecular weight is 285 g/mol. The molecule has 0 saturated heterocycles. The van der Waals surface area contributed by atoms with Gasteiger partial charge in [0.25, 0.3) is 0 Å². The van der Waals surface area contributed by atoms with E-state index in [9.17, 15) is 17.6 Å². The summed E-state index contributed by atoms with van der Waals surface area (Å²) in [6.45, 7) is 1.59. The van der Waals surface area contributed by atoms with Crippen LogP contribution in [0.4, 0.5) is 23.2 Å². The topological polar surface area (TPSA) is 35.2 Å². The van der Waals surface area contributed by atoms with Crippen molar-refractivity contribution in [1.82, 2.24) is 0 Å². The van der Waals surface area contributed by atoms with Crippen molar-refractivity contribution >= 4 is 5.69 Å². The van der Waals surface area contributed by atoms with Crippen LogP contribution in [0.15, 0.2) is 36.4 Å². The zero-order chi connectivity index (χ0) is 14.9. The van der Waals surface area contributed by atoms with Crippen LogP contribution in [0.3, 0.4) is 0 Å². The number of anilines is 1. The summed E-state index contributed by atoms with van der Waals surface area (Å²) in [7, 11) is 0. The zero-order valence-corrected chi connectivity index (χ0v) is 10.5. The normalized spacial score (nSPS) is 11.4. The molecule has 0 atom stereocenters. The highest BCUT2D eigenvalue weighted by atomic mass is 19.4. The number of alkyl halides is 3. The Morgan fingerprint density at radius 2 is 1.70 bits per heavy atom. The molecule has 2 rings (SSSR count). The highest BCUT2D eigenvalue weighted by Crippen LogP contribution is 2.36. The van der Waals surface area contributed by atoms with E-state index in [2.05, 4.69) is 0 Å². The second kappa shape index (κ2) is 5.03. The van der Waals surface area contributed by atoms with Crippen LogP contribution in [0.1, 0.15) is 11.1 Å². The molecule has 0 bridgehead atoms. The summed E-state index contributed by atoms with van der Waals surface area (Å²) < 4.78 is 56.2. The number of ether oxygens (including phenoxy) is 1. The molecule has 0 aromatic heterocycles. The van der Waals surface area contributed by atoms with E-state index in [1.807, 2.05) is 0 Å². The number of aryl methyl sites for hydroxylation is 1. The maximum absolute atomic E-state index is 13.0. The van der Waals surface area contributed by atoms with Crippen LogP contribution < -0.4 is 10.5 Å². The largest absolute Gasteiger partial charge is 0.455 e. The Labute approximate surface area is 112 Å². The molecule has 2 aromatic rings. The smallest absolute Gasteiger partial charge is 0.416 e. The van der Waals surface area contributed by atoms with E-state index >= 15 is 0 Å². The van der Waals surface area contributed by atoms with Crippen LogP contribution in [-0.4, -0.2) is 0 Å². The van der Waals surface area contributed by atoms with Gasteiger partial charge in [0, 0.05) is 0 Å². The molecule has 0 unspecified atom stereocenters. The van der Waals surface area contributed by atoms with E-state index in [1.54, 1.807) is 6.92 Å². The van der Waals surface area contributed by atoms with Crippen molar-refractivity contribution in [2.45, 2.75) is 13.1 Å². The Balaban J connectivity index is 2.38. The second-order valence-electron chi connectivity index (χ2n) is 4.26. The summed E-state index contributed by atoms with van der Waals surface area (Å²) in [6, 6.07) is 6.53. The molecule has 0 aliphatic carbocycles. The van der Waals surface area contributed by atoms with E-state index in [1.165, 1.54) is 12.1 Å². The summed E-state index contributed by atoms with van der Waals surface area (Å²) in [5.41, 5.74) is 5.27. The van der Waals surface area contributed by atoms with Crippen molar-refractivity contribution < 1.29 is 22.3 Å². The maximum Gasteiger partial charge on any atom is 0.416 e. The first-order valence-electron chi connectivity index (χ1n) is 5.68. The third kappa shape index (κ3) is 3.01. The lowest BCUT2D eigenvalue weighted by Crippen LogP contribution is -2.05. The fourth-order valence-corrected chi connectivity index (χ4v) is 1.64. The minimum absolute atomic E-state index is 0.0710. The van der Waals surface area contributed by atoms with Gasteiger partial charge < -0.3 is 10.5 Å². The number of hydrogen-bond acceptors (Lipinski definition) is 2. The van der Waals surface area contributed by atoms with Gasteiger partial charge in [-0.3, -0.25) is 0 Å². The Hall–Kier alpha value is -2.24. The molecule has 106 valence electrons. The van der Waals surface area contributed by atoms with E-state index in [0.717, 1.165) is 24.3 Å². The fourth-order valence-electron chi connectivity index (χ4n) is 1.64. The van der Waals surface area contributed by atoms with E-state index in [4.69, 9.17) is 10.5 Å². The summed E-state index contributed by atoms with van der Waals surface area (Å²) in [6.07, 6.45) is -4.48. The Morgan fingerprint density at radius 1 is 1.00 bits per heavy atom. The second-order valence-corrected chi connectivity index (χ2v) is 4.26. The molecule has 2 N–H and O–H groups in total. The predicted molar refractivity (Wildman–Crippen MR) is 67.1 cm³/mol. The van der Waals surface area contributed by atoms with Crippen molar-refractivity contribution in [2.75, 3.05) is 5.73 Å². The molecule has 6 heteroatoms. The molecule has 0 aliphatic rings. The Bertz CT molecular complexity index is 638. The van der Waals surface area contributed by atoms with Gasteiger partial charge in [0.1, 0.15) is 11.6 Å². The molecular weight excluding hydrogens is 274 g/mol. The number of hydrogen-bond donors (Lipinski definition) is 1. The molecule has 20 heavy (non-hydrogen) atoms. The minimum atomic E-state index is -4.48. The van der Waals surface area contributed by atoms with Crippen LogP contribution >= 0.6 is 0 Å². The highest BCUT2D eigenvalue weighted by molar-refractivity contribution is 5.56. The lowest BCUT2D eigenvalue weighted by atomic mass is 10.1. The molecule has 0 spiro atoms. The summed E-state index contributed by atoms with van der Waals surface area (Å²) in [5, 5.41) is 0. The Kier molecular flexibility index (Phi) is 3.57. The van der Waals surface area contributed by atoms with Crippen LogP contribution in [0, 0.1) is 12.7 Å². The van der Waals surface area contributed by atoms with Gasteiger partial charge in [-0.1, -0.05) is 0 Å². The first-order chi connectivity index (χ1) is 9.27. The summed E-state index contributed by atoms with van der Waals surface area (Å²) in [4.78, 5) is 0. The molecule has 0 radical (unpaired) electrons. The summed E-state index contributed by atoms with van der Waals surface area (Å²) >= 11 is 0. The first-order valence-corrected chi connectivity index (χ1v) is 5.68. The molecule has 0 saturated carbocycles. The van der Waals surface area contributed by atoms with E-state index in [-0.39, 0.29) is 17.2 Å². The highest BCUT2D eigenvalue weighted by Gasteiger charge is 2.31. The number of nitrogens with two attached hydrogens (primary N) is 1. The maximum atomic E-state index is 13.0. The SMILES string of the molecule is Cc1cc(F)ccc1Oc1cc(C(F)(F)F)ccc1N. The van der Waals surface area contributed by atoms with Crippen molar-refractivity contribution in [3.63, 3.8) is 0 Å². The predicted octanol–water partition coefficient (Wildman–Crippen LogP) is 4.53. The standard InChI is InChI=1S/C14H11F4NO/c1-8-6-10(15)3-5-12(8)20-13-7-9(14(16,17)18)2-4-11(13)19/h2-7H,19H2,1H3. The average Bonchev–Trinajstić information content (AvgIpc) is 2.33. The van der Waals surface area contributed by atoms with Crippen molar-refractivity contribution in [2.24, 2.45) is 0 Å². The van der Waals surface area contributed by atoms with Crippen LogP contribution in [0.2, 0.25) is 0 Å². The van der Waals surface area contributed by atoms with Gasteiger partial charge in [0.05, 0.1) is 11.3 Å². The lowest BCUT2D eigenvalue weighted by molar-refractivity contribution is -0.137. The van der Waals surface area contributed by atoms with Crippen LogP contribution in [-0.2, 0) is 6.18 Å². The number of rotatable bonds is 2. The molecule has 0 aliphatic heterocycles. The molecule has 0 amide bonds. The molecule has 2 nitrogen and oxygen atoms in total. The van der Waals surface area contributed by atoms with Gasteiger partial charge in [-0.2, -0.15) is 13.2 Å². The zero-order valence-electron chi connectivity index (χ0n) is 10.5. The fraction of sp³-hybridized carbons (Fsp3) is 0.143.